The van der Waals surface area contributed by atoms with Crippen LogP contribution in [-0.2, 0) is 32.2 Å². The first-order valence-electron chi connectivity index (χ1n) is 11.9. The maximum atomic E-state index is 13.2. The number of carbonyl (C=O) groups is 3. The van der Waals surface area contributed by atoms with Gasteiger partial charge in [-0.15, -0.1) is 0 Å². The summed E-state index contributed by atoms with van der Waals surface area (Å²) in [7, 11) is 0. The lowest BCUT2D eigenvalue weighted by atomic mass is 9.85. The van der Waals surface area contributed by atoms with Crippen molar-refractivity contribution >= 4 is 17.8 Å². The monoisotopic (exact) mass is 483 g/mol. The topological polar surface area (TPSA) is 93.1 Å². The molecule has 2 atom stereocenters. The maximum Gasteiger partial charge on any atom is 0.410 e. The summed E-state index contributed by atoms with van der Waals surface area (Å²) >= 11 is 0. The molecule has 0 aliphatic rings. The quantitative estimate of drug-likeness (QED) is 0.438. The van der Waals surface area contributed by atoms with Crippen molar-refractivity contribution in [2.75, 3.05) is 13.2 Å². The summed E-state index contributed by atoms with van der Waals surface area (Å²) in [6, 6.07) is 18.7. The summed E-state index contributed by atoms with van der Waals surface area (Å²) in [4.78, 5) is 40.4. The Morgan fingerprint density at radius 2 is 1.49 bits per heavy atom. The predicted molar refractivity (Wildman–Crippen MR) is 133 cm³/mol. The molecule has 7 nitrogen and oxygen atoms in total. The van der Waals surface area contributed by atoms with E-state index in [0.29, 0.717) is 6.42 Å². The molecule has 0 bridgehead atoms. The number of ether oxygens (including phenoxy) is 2. The van der Waals surface area contributed by atoms with Crippen LogP contribution in [0, 0.1) is 11.8 Å². The van der Waals surface area contributed by atoms with Gasteiger partial charge < -0.3 is 19.5 Å². The standard InChI is InChI=1S/C28H37NO6/c1-21(31)25(24(16-11-17-30)26(32)35-28(2,3)4)19-29(18-22-12-7-5-8-13-22)27(33)34-20-23-14-9-6-10-15-23/h5-10,12-15,24-25,30H,11,16-20H2,1-4H3. The summed E-state index contributed by atoms with van der Waals surface area (Å²) in [6.45, 7) is 6.90. The summed E-state index contributed by atoms with van der Waals surface area (Å²) < 4.78 is 11.2. The Morgan fingerprint density at radius 1 is 0.914 bits per heavy atom. The van der Waals surface area contributed by atoms with Gasteiger partial charge in [0.1, 0.15) is 18.0 Å². The number of hydrogen-bond donors (Lipinski definition) is 1. The molecular formula is C28H37NO6. The van der Waals surface area contributed by atoms with Gasteiger partial charge in [-0.25, -0.2) is 4.79 Å². The minimum atomic E-state index is -0.801. The first kappa shape index (κ1) is 28.1. The third-order valence-electron chi connectivity index (χ3n) is 5.49. The third kappa shape index (κ3) is 9.91. The van der Waals surface area contributed by atoms with Crippen molar-refractivity contribution in [3.63, 3.8) is 0 Å². The molecule has 1 amide bonds. The Bertz CT molecular complexity index is 939. The Morgan fingerprint density at radius 3 is 2.00 bits per heavy atom. The second kappa shape index (κ2) is 13.6. The van der Waals surface area contributed by atoms with Gasteiger partial charge in [0.05, 0.1) is 5.92 Å². The van der Waals surface area contributed by atoms with Crippen LogP contribution in [0.25, 0.3) is 0 Å². The van der Waals surface area contributed by atoms with Crippen LogP contribution in [0.4, 0.5) is 4.79 Å². The number of Topliss-reactive ketones (excluding diaryl/α,β-unsaturated/α-hetero) is 1. The smallest absolute Gasteiger partial charge is 0.410 e. The van der Waals surface area contributed by atoms with E-state index in [1.807, 2.05) is 60.7 Å². The fourth-order valence-electron chi connectivity index (χ4n) is 3.77. The van der Waals surface area contributed by atoms with E-state index in [9.17, 15) is 19.5 Å². The number of aliphatic hydroxyl groups is 1. The zero-order valence-electron chi connectivity index (χ0n) is 21.1. The van der Waals surface area contributed by atoms with Crippen LogP contribution in [-0.4, -0.2) is 46.6 Å². The van der Waals surface area contributed by atoms with Gasteiger partial charge in [-0.05, 0) is 51.7 Å². The van der Waals surface area contributed by atoms with Crippen molar-refractivity contribution < 1.29 is 29.0 Å². The third-order valence-corrected chi connectivity index (χ3v) is 5.49. The molecule has 0 aliphatic carbocycles. The molecule has 1 N–H and O–H groups in total. The zero-order valence-corrected chi connectivity index (χ0v) is 21.1. The molecule has 0 aromatic heterocycles. The number of aliphatic hydroxyl groups excluding tert-OH is 1. The Kier molecular flexibility index (Phi) is 10.9. The molecule has 0 fully saturated rings. The SMILES string of the molecule is CC(=O)C(CN(Cc1ccccc1)C(=O)OCc1ccccc1)C(CCCO)C(=O)OC(C)(C)C. The van der Waals surface area contributed by atoms with Crippen molar-refractivity contribution in [1.29, 1.82) is 0 Å². The van der Waals surface area contributed by atoms with Gasteiger partial charge in [-0.2, -0.15) is 0 Å². The predicted octanol–water partition coefficient (Wildman–Crippen LogP) is 4.76. The molecule has 2 rings (SSSR count). The molecule has 0 saturated carbocycles. The first-order chi connectivity index (χ1) is 16.6. The van der Waals surface area contributed by atoms with Crippen molar-refractivity contribution in [2.24, 2.45) is 11.8 Å². The van der Waals surface area contributed by atoms with E-state index in [1.54, 1.807) is 20.8 Å². The van der Waals surface area contributed by atoms with Crippen molar-refractivity contribution in [3.8, 4) is 0 Å². The number of rotatable bonds is 12. The highest BCUT2D eigenvalue weighted by Crippen LogP contribution is 2.26. The van der Waals surface area contributed by atoms with Crippen molar-refractivity contribution in [1.82, 2.24) is 4.90 Å². The van der Waals surface area contributed by atoms with Gasteiger partial charge in [0, 0.05) is 25.6 Å². The molecule has 7 heteroatoms. The van der Waals surface area contributed by atoms with E-state index < -0.39 is 29.5 Å². The summed E-state index contributed by atoms with van der Waals surface area (Å²) in [5.41, 5.74) is 0.989. The molecule has 0 aliphatic heterocycles. The van der Waals surface area contributed by atoms with Gasteiger partial charge in [0.15, 0.2) is 0 Å². The summed E-state index contributed by atoms with van der Waals surface area (Å²) in [6.07, 6.45) is 0.0349. The van der Waals surface area contributed by atoms with E-state index in [0.717, 1.165) is 11.1 Å². The molecule has 2 unspecified atom stereocenters. The zero-order chi connectivity index (χ0) is 25.8. The van der Waals surface area contributed by atoms with Gasteiger partial charge in [-0.1, -0.05) is 60.7 Å². The Hall–Kier alpha value is -3.19. The Labute approximate surface area is 208 Å². The lowest BCUT2D eigenvalue weighted by Crippen LogP contribution is -2.43. The second-order valence-corrected chi connectivity index (χ2v) is 9.63. The molecular weight excluding hydrogens is 446 g/mol. The van der Waals surface area contributed by atoms with Crippen LogP contribution in [0.1, 0.15) is 51.7 Å². The molecule has 190 valence electrons. The van der Waals surface area contributed by atoms with Gasteiger partial charge in [0.2, 0.25) is 0 Å². The van der Waals surface area contributed by atoms with Crippen molar-refractivity contribution in [2.45, 2.75) is 59.3 Å². The summed E-state index contributed by atoms with van der Waals surface area (Å²) in [5, 5.41) is 9.37. The number of carbonyl (C=O) groups excluding carboxylic acids is 3. The normalized spacial score (nSPS) is 12.9. The number of hydrogen-bond acceptors (Lipinski definition) is 6. The highest BCUT2D eigenvalue weighted by atomic mass is 16.6. The van der Waals surface area contributed by atoms with Gasteiger partial charge >= 0.3 is 12.1 Å². The van der Waals surface area contributed by atoms with E-state index >= 15 is 0 Å². The first-order valence-corrected chi connectivity index (χ1v) is 11.9. The fraction of sp³-hybridized carbons (Fsp3) is 0.464. The van der Waals surface area contributed by atoms with Crippen LogP contribution in [0.3, 0.4) is 0 Å². The fourth-order valence-corrected chi connectivity index (χ4v) is 3.77. The highest BCUT2D eigenvalue weighted by Gasteiger charge is 2.37. The Balaban J connectivity index is 2.28. The van der Waals surface area contributed by atoms with Crippen LogP contribution in [0.2, 0.25) is 0 Å². The van der Waals surface area contributed by atoms with Crippen LogP contribution < -0.4 is 0 Å². The number of nitrogens with zero attached hydrogens (tertiary/aromatic N) is 1. The average Bonchev–Trinajstić information content (AvgIpc) is 2.81. The van der Waals surface area contributed by atoms with Crippen LogP contribution >= 0.6 is 0 Å². The molecule has 2 aromatic rings. The largest absolute Gasteiger partial charge is 0.460 e. The minimum absolute atomic E-state index is 0.00676. The molecule has 0 spiro atoms. The number of amides is 1. The van der Waals surface area contributed by atoms with Gasteiger partial charge in [-0.3, -0.25) is 9.59 Å². The van der Waals surface area contributed by atoms with Gasteiger partial charge in [0.25, 0.3) is 0 Å². The number of ketones is 1. The van der Waals surface area contributed by atoms with Crippen LogP contribution in [0.15, 0.2) is 60.7 Å². The highest BCUT2D eigenvalue weighted by molar-refractivity contribution is 5.86. The van der Waals surface area contributed by atoms with E-state index in [4.69, 9.17) is 9.47 Å². The second-order valence-electron chi connectivity index (χ2n) is 9.63. The molecule has 2 aromatic carbocycles. The molecule has 35 heavy (non-hydrogen) atoms. The van der Waals surface area contributed by atoms with Crippen molar-refractivity contribution in [3.05, 3.63) is 71.8 Å². The molecule has 0 saturated heterocycles. The van der Waals surface area contributed by atoms with E-state index in [2.05, 4.69) is 0 Å². The molecule has 0 heterocycles. The van der Waals surface area contributed by atoms with E-state index in [-0.39, 0.29) is 38.5 Å². The molecule has 0 radical (unpaired) electrons. The average molecular weight is 484 g/mol. The van der Waals surface area contributed by atoms with Crippen LogP contribution in [0.5, 0.6) is 0 Å². The maximum absolute atomic E-state index is 13.2. The van der Waals surface area contributed by atoms with E-state index in [1.165, 1.54) is 11.8 Å². The minimum Gasteiger partial charge on any atom is -0.460 e. The lowest BCUT2D eigenvalue weighted by molar-refractivity contribution is -0.164. The number of benzene rings is 2. The summed E-state index contributed by atoms with van der Waals surface area (Å²) in [5.74, 6) is -2.33. The number of esters is 1. The lowest BCUT2D eigenvalue weighted by Gasteiger charge is -2.31.